The van der Waals surface area contributed by atoms with Crippen LogP contribution in [-0.2, 0) is 6.42 Å². The Labute approximate surface area is 142 Å². The van der Waals surface area contributed by atoms with Gasteiger partial charge < -0.3 is 5.32 Å². The number of hydrogen-bond donors (Lipinski definition) is 1. The number of rotatable bonds is 4. The van der Waals surface area contributed by atoms with Crippen molar-refractivity contribution in [2.24, 2.45) is 0 Å². The second kappa shape index (κ2) is 7.08. The first-order valence-electron chi connectivity index (χ1n) is 6.38. The van der Waals surface area contributed by atoms with Gasteiger partial charge in [-0.05, 0) is 61.3 Å². The average molecular weight is 418 g/mol. The predicted octanol–water partition coefficient (Wildman–Crippen LogP) is 5.68. The molecule has 0 bridgehead atoms. The van der Waals surface area contributed by atoms with Gasteiger partial charge in [-0.2, -0.15) is 0 Å². The second-order valence-electron chi connectivity index (χ2n) is 4.80. The predicted molar refractivity (Wildman–Crippen MR) is 93.5 cm³/mol. The molecule has 0 amide bonds. The van der Waals surface area contributed by atoms with E-state index < -0.39 is 0 Å². The quantitative estimate of drug-likeness (QED) is 0.675. The monoisotopic (exact) mass is 415 g/mol. The van der Waals surface area contributed by atoms with Crippen LogP contribution in [0.5, 0.6) is 0 Å². The number of nitrogens with one attached hydrogen (secondary N) is 1. The zero-order chi connectivity index (χ0) is 14.7. The van der Waals surface area contributed by atoms with Crippen LogP contribution >= 0.6 is 43.5 Å². The van der Waals surface area contributed by atoms with E-state index in [2.05, 4.69) is 62.3 Å². The fourth-order valence-corrected chi connectivity index (χ4v) is 3.50. The molecule has 4 heteroatoms. The Hall–Kier alpha value is -0.350. The molecule has 0 saturated carbocycles. The molecular weight excluding hydrogens is 401 g/mol. The summed E-state index contributed by atoms with van der Waals surface area (Å²) in [6.45, 7) is 2.09. The number of benzene rings is 2. The highest BCUT2D eigenvalue weighted by Gasteiger charge is 2.15. The third-order valence-corrected chi connectivity index (χ3v) is 5.11. The van der Waals surface area contributed by atoms with Gasteiger partial charge in [-0.15, -0.1) is 0 Å². The van der Waals surface area contributed by atoms with Crippen LogP contribution < -0.4 is 5.32 Å². The summed E-state index contributed by atoms with van der Waals surface area (Å²) in [7, 11) is 1.98. The molecule has 0 radical (unpaired) electrons. The first-order chi connectivity index (χ1) is 9.51. The molecule has 1 unspecified atom stereocenters. The summed E-state index contributed by atoms with van der Waals surface area (Å²) in [6, 6.07) is 12.6. The summed E-state index contributed by atoms with van der Waals surface area (Å²) >= 11 is 13.3. The Morgan fingerprint density at radius 1 is 1.15 bits per heavy atom. The number of hydrogen-bond acceptors (Lipinski definition) is 1. The average Bonchev–Trinajstić information content (AvgIpc) is 2.40. The van der Waals surface area contributed by atoms with Crippen LogP contribution in [0.25, 0.3) is 0 Å². The molecule has 0 heterocycles. The number of aryl methyl sites for hydroxylation is 1. The fourth-order valence-electron chi connectivity index (χ4n) is 2.20. The molecule has 0 aliphatic carbocycles. The van der Waals surface area contributed by atoms with Crippen molar-refractivity contribution in [3.05, 3.63) is 67.1 Å². The molecule has 2 aromatic rings. The van der Waals surface area contributed by atoms with E-state index in [-0.39, 0.29) is 6.04 Å². The highest BCUT2D eigenvalue weighted by Crippen LogP contribution is 2.31. The molecule has 0 fully saturated rings. The van der Waals surface area contributed by atoms with Crippen LogP contribution in [0, 0.1) is 6.92 Å². The minimum absolute atomic E-state index is 0.236. The highest BCUT2D eigenvalue weighted by atomic mass is 79.9. The molecule has 1 atom stereocenters. The van der Waals surface area contributed by atoms with E-state index >= 15 is 0 Å². The normalized spacial score (nSPS) is 12.4. The smallest absolute Gasteiger partial charge is 0.0408 e. The van der Waals surface area contributed by atoms with E-state index in [1.165, 1.54) is 16.7 Å². The lowest BCUT2D eigenvalue weighted by Crippen LogP contribution is -2.19. The summed E-state index contributed by atoms with van der Waals surface area (Å²) < 4.78 is 2.25. The molecule has 0 saturated heterocycles. The van der Waals surface area contributed by atoms with Gasteiger partial charge in [0.1, 0.15) is 0 Å². The van der Waals surface area contributed by atoms with E-state index in [0.29, 0.717) is 0 Å². The maximum Gasteiger partial charge on any atom is 0.0408 e. The molecule has 0 spiro atoms. The zero-order valence-electron chi connectivity index (χ0n) is 11.4. The van der Waals surface area contributed by atoms with Gasteiger partial charge in [-0.1, -0.05) is 55.6 Å². The molecule has 106 valence electrons. The maximum atomic E-state index is 6.06. The Morgan fingerprint density at radius 3 is 2.55 bits per heavy atom. The lowest BCUT2D eigenvalue weighted by Gasteiger charge is -2.19. The Balaban J connectivity index is 2.31. The number of halogens is 3. The van der Waals surface area contributed by atoms with Crippen molar-refractivity contribution < 1.29 is 0 Å². The second-order valence-corrected chi connectivity index (χ2v) is 6.94. The van der Waals surface area contributed by atoms with Crippen molar-refractivity contribution in [2.45, 2.75) is 19.4 Å². The largest absolute Gasteiger partial charge is 0.313 e. The van der Waals surface area contributed by atoms with Gasteiger partial charge >= 0.3 is 0 Å². The minimum Gasteiger partial charge on any atom is -0.313 e. The van der Waals surface area contributed by atoms with Gasteiger partial charge in [0, 0.05) is 20.0 Å². The molecule has 2 rings (SSSR count). The van der Waals surface area contributed by atoms with E-state index in [0.717, 1.165) is 20.4 Å². The van der Waals surface area contributed by atoms with Crippen molar-refractivity contribution in [3.63, 3.8) is 0 Å². The summed E-state index contributed by atoms with van der Waals surface area (Å²) in [5, 5.41) is 4.16. The van der Waals surface area contributed by atoms with Crippen molar-refractivity contribution in [1.29, 1.82) is 0 Å². The van der Waals surface area contributed by atoms with Gasteiger partial charge in [0.05, 0.1) is 0 Å². The fraction of sp³-hybridized carbons (Fsp3) is 0.250. The summed E-state index contributed by atoms with van der Waals surface area (Å²) in [6.07, 6.45) is 0.894. The van der Waals surface area contributed by atoms with Crippen LogP contribution in [0.2, 0.25) is 5.02 Å². The van der Waals surface area contributed by atoms with Crippen LogP contribution in [0.4, 0.5) is 0 Å². The Kier molecular flexibility index (Phi) is 5.67. The molecule has 1 N–H and O–H groups in total. The van der Waals surface area contributed by atoms with Gasteiger partial charge in [-0.25, -0.2) is 0 Å². The molecular formula is C16H16Br2ClN. The molecule has 20 heavy (non-hydrogen) atoms. The lowest BCUT2D eigenvalue weighted by molar-refractivity contribution is 0.589. The van der Waals surface area contributed by atoms with E-state index in [9.17, 15) is 0 Å². The van der Waals surface area contributed by atoms with E-state index in [1.807, 2.05) is 25.2 Å². The van der Waals surface area contributed by atoms with Crippen LogP contribution in [0.3, 0.4) is 0 Å². The molecule has 1 nitrogen and oxygen atoms in total. The lowest BCUT2D eigenvalue weighted by atomic mass is 9.98. The van der Waals surface area contributed by atoms with Crippen molar-refractivity contribution in [2.75, 3.05) is 7.05 Å². The highest BCUT2D eigenvalue weighted by molar-refractivity contribution is 9.11. The van der Waals surface area contributed by atoms with Crippen molar-refractivity contribution in [3.8, 4) is 0 Å². The van der Waals surface area contributed by atoms with Crippen LogP contribution in [0.1, 0.15) is 22.7 Å². The third kappa shape index (κ3) is 3.85. The minimum atomic E-state index is 0.236. The Morgan fingerprint density at radius 2 is 1.90 bits per heavy atom. The van der Waals surface area contributed by atoms with E-state index in [1.54, 1.807) is 0 Å². The molecule has 0 aliphatic rings. The van der Waals surface area contributed by atoms with Gasteiger partial charge in [0.2, 0.25) is 0 Å². The summed E-state index contributed by atoms with van der Waals surface area (Å²) in [5.74, 6) is 0. The topological polar surface area (TPSA) is 12.0 Å². The van der Waals surface area contributed by atoms with Gasteiger partial charge in [-0.3, -0.25) is 0 Å². The Bertz CT molecular complexity index is 613. The summed E-state index contributed by atoms with van der Waals surface area (Å²) in [4.78, 5) is 0. The zero-order valence-corrected chi connectivity index (χ0v) is 15.3. The van der Waals surface area contributed by atoms with Crippen LogP contribution in [0.15, 0.2) is 45.3 Å². The van der Waals surface area contributed by atoms with Crippen molar-refractivity contribution in [1.82, 2.24) is 5.32 Å². The van der Waals surface area contributed by atoms with E-state index in [4.69, 9.17) is 11.6 Å². The third-order valence-electron chi connectivity index (χ3n) is 3.33. The molecule has 2 aromatic carbocycles. The molecule has 0 aliphatic heterocycles. The van der Waals surface area contributed by atoms with Gasteiger partial charge in [0.15, 0.2) is 0 Å². The SMILES string of the molecule is CNC(Cc1cccc(Cl)c1)c1cc(Br)c(C)cc1Br. The number of likely N-dealkylation sites (N-methyl/N-ethyl adjacent to an activating group) is 1. The first kappa shape index (κ1) is 16.0. The maximum absolute atomic E-state index is 6.06. The summed E-state index contributed by atoms with van der Waals surface area (Å²) in [5.41, 5.74) is 3.68. The molecule has 0 aromatic heterocycles. The standard InChI is InChI=1S/C16H16Br2ClN/c1-10-6-15(18)13(9-14(10)17)16(20-2)8-11-4-3-5-12(19)7-11/h3-7,9,16,20H,8H2,1-2H3. The van der Waals surface area contributed by atoms with Crippen molar-refractivity contribution >= 4 is 43.5 Å². The van der Waals surface area contributed by atoms with Gasteiger partial charge in [0.25, 0.3) is 0 Å². The van der Waals surface area contributed by atoms with Crippen LogP contribution in [-0.4, -0.2) is 7.05 Å². The first-order valence-corrected chi connectivity index (χ1v) is 8.35.